The number of carboxylic acids is 2. The Hall–Kier alpha value is -4.19. The standard InChI is InChI=1S/C25H25ClN8O7S2/c1-10(23(37)38)41-32-15(14-18(26)43-25(28)31-14)20(35)30-16-21(36)34-17(24(39)40)12(9-42-22(16)34)8-33-6-2-3-13-11(4-5-27)7-29-19(13)33/h2-3,6-7,10,16,22H,4-5,8-9,27H2,1H3,(H5,28,30,31,35,37,38,39,40)/p+1/t10-,16+,22+/m0/s1. The van der Waals surface area contributed by atoms with Crippen LogP contribution in [0.15, 0.2) is 41.0 Å². The molecule has 0 radical (unpaired) electrons. The quantitative estimate of drug-likeness (QED) is 0.0715. The van der Waals surface area contributed by atoms with E-state index in [1.54, 1.807) is 0 Å². The van der Waals surface area contributed by atoms with Crippen LogP contribution in [0, 0.1) is 0 Å². The topological polar surface area (TPSA) is 230 Å². The van der Waals surface area contributed by atoms with Gasteiger partial charge in [0.05, 0.1) is 17.8 Å². The van der Waals surface area contributed by atoms with E-state index in [1.807, 2.05) is 29.1 Å². The summed E-state index contributed by atoms with van der Waals surface area (Å²) in [6.07, 6.45) is 2.96. The van der Waals surface area contributed by atoms with Gasteiger partial charge in [-0.1, -0.05) is 28.1 Å². The Morgan fingerprint density at radius 3 is 2.81 bits per heavy atom. The number of anilines is 1. The van der Waals surface area contributed by atoms with E-state index in [0.717, 1.165) is 32.8 Å². The van der Waals surface area contributed by atoms with E-state index >= 15 is 0 Å². The molecule has 3 aromatic rings. The lowest BCUT2D eigenvalue weighted by Crippen LogP contribution is -2.71. The summed E-state index contributed by atoms with van der Waals surface area (Å²) in [5, 5.41) is 25.7. The number of aromatic nitrogens is 3. The lowest BCUT2D eigenvalue weighted by atomic mass is 10.0. The molecule has 0 saturated carbocycles. The van der Waals surface area contributed by atoms with Crippen LogP contribution in [0.4, 0.5) is 5.13 Å². The van der Waals surface area contributed by atoms with Crippen LogP contribution in [-0.4, -0.2) is 84.4 Å². The molecule has 5 heterocycles. The number of nitrogen functional groups attached to an aromatic ring is 1. The molecule has 2 aliphatic heterocycles. The Morgan fingerprint density at radius 2 is 2.16 bits per heavy atom. The maximum atomic E-state index is 13.3. The third-order valence-corrected chi connectivity index (χ3v) is 9.23. The number of nitrogens with two attached hydrogens (primary N) is 2. The number of fused-ring (bicyclic) bond motifs is 2. The van der Waals surface area contributed by atoms with Crippen molar-refractivity contribution in [1.82, 2.24) is 20.2 Å². The Morgan fingerprint density at radius 1 is 1.40 bits per heavy atom. The number of carbonyl (C=O) groups excluding carboxylic acids is 2. The first-order valence-electron chi connectivity index (χ1n) is 12.8. The number of rotatable bonds is 11. The van der Waals surface area contributed by atoms with Crippen LogP contribution < -0.4 is 21.4 Å². The molecule has 1 saturated heterocycles. The summed E-state index contributed by atoms with van der Waals surface area (Å²) in [6.45, 7) is 1.90. The molecule has 3 aromatic heterocycles. The van der Waals surface area contributed by atoms with Gasteiger partial charge in [0.1, 0.15) is 33.7 Å². The first-order valence-corrected chi connectivity index (χ1v) is 15.0. The summed E-state index contributed by atoms with van der Waals surface area (Å²) in [5.41, 5.74) is 13.0. The maximum absolute atomic E-state index is 13.3. The fourth-order valence-electron chi connectivity index (χ4n) is 4.75. The number of hydrogen-bond donors (Lipinski definition) is 6. The predicted octanol–water partition coefficient (Wildman–Crippen LogP) is 0.281. The number of nitrogens with one attached hydrogen (secondary N) is 2. The van der Waals surface area contributed by atoms with Gasteiger partial charge in [-0.25, -0.2) is 24.1 Å². The highest BCUT2D eigenvalue weighted by Gasteiger charge is 2.54. The molecule has 0 bridgehead atoms. The molecule has 0 aliphatic carbocycles. The fourth-order valence-corrected chi connectivity index (χ4v) is 7.01. The van der Waals surface area contributed by atoms with Crippen molar-refractivity contribution in [3.05, 3.63) is 51.4 Å². The highest BCUT2D eigenvalue weighted by molar-refractivity contribution is 8.00. The lowest BCUT2D eigenvalue weighted by molar-refractivity contribution is -0.664. The largest absolute Gasteiger partial charge is 0.478 e. The molecular weight excluding hydrogens is 624 g/mol. The Balaban J connectivity index is 1.38. The van der Waals surface area contributed by atoms with E-state index in [2.05, 4.69) is 20.4 Å². The van der Waals surface area contributed by atoms with E-state index in [-0.39, 0.29) is 33.2 Å². The molecule has 0 aromatic carbocycles. The molecule has 3 atom stereocenters. The molecule has 0 unspecified atom stereocenters. The predicted molar refractivity (Wildman–Crippen MR) is 157 cm³/mol. The van der Waals surface area contributed by atoms with Crippen molar-refractivity contribution >= 4 is 80.3 Å². The van der Waals surface area contributed by atoms with Gasteiger partial charge in [-0.15, -0.1) is 11.8 Å². The zero-order chi connectivity index (χ0) is 31.0. The monoisotopic (exact) mass is 649 g/mol. The third kappa shape index (κ3) is 5.75. The van der Waals surface area contributed by atoms with Gasteiger partial charge in [-0.3, -0.25) is 14.5 Å². The summed E-state index contributed by atoms with van der Waals surface area (Å²) < 4.78 is 1.87. The molecule has 15 nitrogen and oxygen atoms in total. The number of β-lactam (4-membered cyclic amide) rings is 1. The number of aliphatic carboxylic acids is 2. The number of thiazole rings is 1. The molecule has 2 aliphatic rings. The van der Waals surface area contributed by atoms with Crippen molar-refractivity contribution in [3.8, 4) is 0 Å². The van der Waals surface area contributed by atoms with Gasteiger partial charge in [-0.2, -0.15) is 0 Å². The van der Waals surface area contributed by atoms with E-state index in [0.29, 0.717) is 18.5 Å². The highest BCUT2D eigenvalue weighted by Crippen LogP contribution is 2.40. The molecule has 226 valence electrons. The number of nitrogens with zero attached hydrogens (tertiary/aromatic N) is 4. The minimum atomic E-state index is -1.41. The summed E-state index contributed by atoms with van der Waals surface area (Å²) in [5.74, 6) is -3.91. The number of H-pyrrole nitrogens is 1. The minimum absolute atomic E-state index is 0.00273. The van der Waals surface area contributed by atoms with Crippen LogP contribution in [0.5, 0.6) is 0 Å². The van der Waals surface area contributed by atoms with Gasteiger partial charge in [0.2, 0.25) is 6.10 Å². The van der Waals surface area contributed by atoms with E-state index in [4.69, 9.17) is 33.0 Å². The average molecular weight is 650 g/mol. The SMILES string of the molecule is C[C@H](ON=C(C(=O)N[C@@H]1C(=O)N2C(C(=O)O)=C(C[n+]3cccc4c(CCN)c[nH]c43)CS[C@H]12)c1nc(N)sc1Cl)C(=O)O. The van der Waals surface area contributed by atoms with Crippen LogP contribution in [0.25, 0.3) is 11.0 Å². The summed E-state index contributed by atoms with van der Waals surface area (Å²) in [7, 11) is 0. The Kier molecular flexibility index (Phi) is 8.59. The molecular formula is C25H26ClN8O7S2+. The second kappa shape index (κ2) is 12.2. The number of aromatic amines is 1. The molecule has 0 spiro atoms. The number of thioether (sulfide) groups is 1. The second-order valence-electron chi connectivity index (χ2n) is 9.57. The zero-order valence-corrected chi connectivity index (χ0v) is 24.8. The third-order valence-electron chi connectivity index (χ3n) is 6.80. The first-order chi connectivity index (χ1) is 20.5. The van der Waals surface area contributed by atoms with Crippen molar-refractivity contribution in [3.63, 3.8) is 0 Å². The second-order valence-corrected chi connectivity index (χ2v) is 12.3. The number of halogens is 1. The summed E-state index contributed by atoms with van der Waals surface area (Å²) in [6, 6.07) is 2.71. The summed E-state index contributed by atoms with van der Waals surface area (Å²) in [4.78, 5) is 63.4. The van der Waals surface area contributed by atoms with Gasteiger partial charge in [0.15, 0.2) is 10.8 Å². The fraction of sp³-hybridized carbons (Fsp3) is 0.320. The number of pyridine rings is 1. The van der Waals surface area contributed by atoms with E-state index in [9.17, 15) is 24.3 Å². The average Bonchev–Trinajstić information content (AvgIpc) is 3.53. The molecule has 1 fully saturated rings. The molecule has 43 heavy (non-hydrogen) atoms. The molecule has 8 N–H and O–H groups in total. The number of hydrogen-bond acceptors (Lipinski definition) is 11. The number of oxime groups is 1. The number of carboxylic acid groups (broad SMARTS) is 2. The zero-order valence-electron chi connectivity index (χ0n) is 22.4. The minimum Gasteiger partial charge on any atom is -0.478 e. The van der Waals surface area contributed by atoms with Crippen LogP contribution in [-0.2, 0) is 37.0 Å². The maximum Gasteiger partial charge on any atom is 0.352 e. The normalized spacial score (nSPS) is 19.2. The Bertz CT molecular complexity index is 1700. The van der Waals surface area contributed by atoms with Gasteiger partial charge in [0.25, 0.3) is 17.5 Å². The van der Waals surface area contributed by atoms with E-state index < -0.39 is 47.0 Å². The van der Waals surface area contributed by atoms with Crippen LogP contribution >= 0.6 is 34.7 Å². The van der Waals surface area contributed by atoms with Crippen molar-refractivity contribution in [1.29, 1.82) is 0 Å². The lowest BCUT2D eigenvalue weighted by Gasteiger charge is -2.49. The van der Waals surface area contributed by atoms with Crippen molar-refractivity contribution < 1.29 is 38.8 Å². The van der Waals surface area contributed by atoms with Gasteiger partial charge < -0.3 is 31.8 Å². The van der Waals surface area contributed by atoms with Crippen LogP contribution in [0.2, 0.25) is 4.34 Å². The van der Waals surface area contributed by atoms with Crippen molar-refractivity contribution in [2.75, 3.05) is 18.0 Å². The van der Waals surface area contributed by atoms with Crippen molar-refractivity contribution in [2.45, 2.75) is 37.4 Å². The number of amides is 2. The number of carbonyl (C=O) groups is 4. The first kappa shape index (κ1) is 30.3. The van der Waals surface area contributed by atoms with Gasteiger partial charge >= 0.3 is 11.9 Å². The molecule has 5 rings (SSSR count). The van der Waals surface area contributed by atoms with Crippen LogP contribution in [0.3, 0.4) is 0 Å². The summed E-state index contributed by atoms with van der Waals surface area (Å²) >= 11 is 8.31. The van der Waals surface area contributed by atoms with Gasteiger partial charge in [-0.05, 0) is 32.0 Å². The molecule has 18 heteroatoms. The van der Waals surface area contributed by atoms with Crippen LogP contribution in [0.1, 0.15) is 18.2 Å². The van der Waals surface area contributed by atoms with Gasteiger partial charge in [0, 0.05) is 16.9 Å². The Labute approximate surface area is 256 Å². The highest BCUT2D eigenvalue weighted by atomic mass is 35.5. The van der Waals surface area contributed by atoms with Crippen molar-refractivity contribution in [2.24, 2.45) is 10.9 Å². The van der Waals surface area contributed by atoms with E-state index in [1.165, 1.54) is 18.7 Å². The smallest absolute Gasteiger partial charge is 0.352 e. The molecule has 2 amide bonds.